The quantitative estimate of drug-likeness (QED) is 0.806. The predicted octanol–water partition coefficient (Wildman–Crippen LogP) is 2.65. The first-order valence-electron chi connectivity index (χ1n) is 4.21. The summed E-state index contributed by atoms with van der Waals surface area (Å²) >= 11 is 1.85. The number of ether oxygens (including phenoxy) is 1. The third-order valence-electron chi connectivity index (χ3n) is 1.72. The Hall–Kier alpha value is -0.830. The average Bonchev–Trinajstić information content (AvgIpc) is 2.16. The van der Waals surface area contributed by atoms with Crippen molar-refractivity contribution in [3.8, 4) is 11.5 Å². The van der Waals surface area contributed by atoms with Gasteiger partial charge < -0.3 is 9.84 Å². The minimum Gasteiger partial charge on any atom is -0.504 e. The van der Waals surface area contributed by atoms with E-state index in [4.69, 9.17) is 4.74 Å². The van der Waals surface area contributed by atoms with Crippen LogP contribution in [-0.4, -0.2) is 18.0 Å². The van der Waals surface area contributed by atoms with Gasteiger partial charge in [-0.15, -0.1) is 0 Å². The highest BCUT2D eigenvalue weighted by Gasteiger charge is 2.01. The first kappa shape index (κ1) is 10.3. The van der Waals surface area contributed by atoms with Crippen LogP contribution < -0.4 is 4.74 Å². The van der Waals surface area contributed by atoms with Gasteiger partial charge in [-0.2, -0.15) is 11.8 Å². The van der Waals surface area contributed by atoms with E-state index in [0.717, 1.165) is 11.5 Å². The molecule has 1 aromatic carbocycles. The highest BCUT2D eigenvalue weighted by Crippen LogP contribution is 2.27. The predicted molar refractivity (Wildman–Crippen MR) is 56.5 cm³/mol. The fourth-order valence-electron chi connectivity index (χ4n) is 1.03. The lowest BCUT2D eigenvalue weighted by Gasteiger charge is -2.05. The maximum Gasteiger partial charge on any atom is 0.160 e. The molecule has 0 bridgehead atoms. The van der Waals surface area contributed by atoms with E-state index < -0.39 is 0 Å². The summed E-state index contributed by atoms with van der Waals surface area (Å²) in [4.78, 5) is 0. The van der Waals surface area contributed by atoms with Gasteiger partial charge in [-0.25, -0.2) is 0 Å². The molecule has 0 saturated carbocycles. The zero-order chi connectivity index (χ0) is 9.68. The third-order valence-corrected chi connectivity index (χ3v) is 2.66. The van der Waals surface area contributed by atoms with Crippen molar-refractivity contribution in [2.75, 3.05) is 12.9 Å². The summed E-state index contributed by atoms with van der Waals surface area (Å²) in [6, 6.07) is 5.46. The van der Waals surface area contributed by atoms with Gasteiger partial charge in [-0.05, 0) is 23.4 Å². The smallest absolute Gasteiger partial charge is 0.160 e. The minimum absolute atomic E-state index is 0.202. The summed E-state index contributed by atoms with van der Waals surface area (Å²) in [6.45, 7) is 2.13. The van der Waals surface area contributed by atoms with Crippen molar-refractivity contribution in [2.24, 2.45) is 0 Å². The van der Waals surface area contributed by atoms with Crippen LogP contribution in [0.4, 0.5) is 0 Å². The number of methoxy groups -OCH3 is 1. The van der Waals surface area contributed by atoms with Gasteiger partial charge in [-0.1, -0.05) is 13.0 Å². The van der Waals surface area contributed by atoms with Crippen molar-refractivity contribution < 1.29 is 9.84 Å². The van der Waals surface area contributed by atoms with Crippen LogP contribution in [0.3, 0.4) is 0 Å². The molecule has 1 aromatic rings. The fraction of sp³-hybridized carbons (Fsp3) is 0.400. The zero-order valence-electron chi connectivity index (χ0n) is 7.91. The lowest BCUT2D eigenvalue weighted by Crippen LogP contribution is -1.86. The number of hydrogen-bond donors (Lipinski definition) is 1. The molecule has 0 atom stereocenters. The van der Waals surface area contributed by atoms with E-state index in [-0.39, 0.29) is 5.75 Å². The number of aromatic hydroxyl groups is 1. The van der Waals surface area contributed by atoms with Gasteiger partial charge in [0, 0.05) is 5.75 Å². The molecule has 1 N–H and O–H groups in total. The van der Waals surface area contributed by atoms with Crippen molar-refractivity contribution in [3.05, 3.63) is 23.8 Å². The zero-order valence-corrected chi connectivity index (χ0v) is 8.73. The van der Waals surface area contributed by atoms with Gasteiger partial charge >= 0.3 is 0 Å². The molecule has 0 amide bonds. The molecule has 72 valence electrons. The number of phenolic OH excluding ortho intramolecular Hbond substituents is 1. The Labute approximate surface area is 82.9 Å². The van der Waals surface area contributed by atoms with E-state index in [1.165, 1.54) is 5.56 Å². The Morgan fingerprint density at radius 1 is 1.46 bits per heavy atom. The second-order valence-electron chi connectivity index (χ2n) is 2.64. The van der Waals surface area contributed by atoms with Gasteiger partial charge in [0.05, 0.1) is 7.11 Å². The standard InChI is InChI=1S/C10H14O2S/c1-3-13-7-8-4-5-9(11)10(6-8)12-2/h4-6,11H,3,7H2,1-2H3. The van der Waals surface area contributed by atoms with Crippen molar-refractivity contribution >= 4 is 11.8 Å². The molecule has 0 spiro atoms. The number of benzene rings is 1. The van der Waals surface area contributed by atoms with Crippen LogP contribution in [0.5, 0.6) is 11.5 Å². The van der Waals surface area contributed by atoms with E-state index >= 15 is 0 Å². The minimum atomic E-state index is 0.202. The number of hydrogen-bond acceptors (Lipinski definition) is 3. The molecule has 0 fully saturated rings. The molecule has 0 saturated heterocycles. The maximum atomic E-state index is 9.33. The van der Waals surface area contributed by atoms with Gasteiger partial charge in [-0.3, -0.25) is 0 Å². The maximum absolute atomic E-state index is 9.33. The molecule has 0 aliphatic carbocycles. The SMILES string of the molecule is CCSCc1ccc(O)c(OC)c1. The number of thioether (sulfide) groups is 1. The van der Waals surface area contributed by atoms with E-state index in [0.29, 0.717) is 5.75 Å². The molecule has 0 aliphatic rings. The Bertz CT molecular complexity index is 274. The third kappa shape index (κ3) is 2.84. The molecule has 0 unspecified atom stereocenters. The summed E-state index contributed by atoms with van der Waals surface area (Å²) in [7, 11) is 1.56. The first-order valence-corrected chi connectivity index (χ1v) is 5.37. The number of rotatable bonds is 4. The molecule has 0 radical (unpaired) electrons. The van der Waals surface area contributed by atoms with Crippen LogP contribution in [-0.2, 0) is 5.75 Å². The van der Waals surface area contributed by atoms with E-state index in [2.05, 4.69) is 6.92 Å². The van der Waals surface area contributed by atoms with Crippen molar-refractivity contribution in [1.29, 1.82) is 0 Å². The van der Waals surface area contributed by atoms with Crippen LogP contribution in [0.1, 0.15) is 12.5 Å². The van der Waals surface area contributed by atoms with Crippen LogP contribution >= 0.6 is 11.8 Å². The molecule has 1 rings (SSSR count). The topological polar surface area (TPSA) is 29.5 Å². The van der Waals surface area contributed by atoms with Crippen LogP contribution in [0, 0.1) is 0 Å². The van der Waals surface area contributed by atoms with Crippen LogP contribution in [0.2, 0.25) is 0 Å². The molecule has 13 heavy (non-hydrogen) atoms. The van der Waals surface area contributed by atoms with E-state index in [1.807, 2.05) is 23.9 Å². The van der Waals surface area contributed by atoms with Gasteiger partial charge in [0.25, 0.3) is 0 Å². The highest BCUT2D eigenvalue weighted by molar-refractivity contribution is 7.98. The summed E-state index contributed by atoms with van der Waals surface area (Å²) < 4.78 is 5.01. The molecule has 0 heterocycles. The lowest BCUT2D eigenvalue weighted by atomic mass is 10.2. The second-order valence-corrected chi connectivity index (χ2v) is 3.92. The highest BCUT2D eigenvalue weighted by atomic mass is 32.2. The van der Waals surface area contributed by atoms with Gasteiger partial charge in [0.15, 0.2) is 11.5 Å². The molecular formula is C10H14O2S. The number of phenols is 1. The van der Waals surface area contributed by atoms with Crippen LogP contribution in [0.25, 0.3) is 0 Å². The molecular weight excluding hydrogens is 184 g/mol. The molecule has 3 heteroatoms. The Kier molecular flexibility index (Phi) is 3.96. The fourth-order valence-corrected chi connectivity index (χ4v) is 1.65. The Morgan fingerprint density at radius 3 is 2.85 bits per heavy atom. The molecule has 0 aliphatic heterocycles. The van der Waals surface area contributed by atoms with Gasteiger partial charge in [0.1, 0.15) is 0 Å². The largest absolute Gasteiger partial charge is 0.504 e. The van der Waals surface area contributed by atoms with Gasteiger partial charge in [0.2, 0.25) is 0 Å². The summed E-state index contributed by atoms with van der Waals surface area (Å²) in [5.74, 6) is 2.82. The monoisotopic (exact) mass is 198 g/mol. The Balaban J connectivity index is 2.74. The second kappa shape index (κ2) is 5.02. The van der Waals surface area contributed by atoms with E-state index in [1.54, 1.807) is 13.2 Å². The summed E-state index contributed by atoms with van der Waals surface area (Å²) in [5, 5.41) is 9.33. The Morgan fingerprint density at radius 2 is 2.23 bits per heavy atom. The lowest BCUT2D eigenvalue weighted by molar-refractivity contribution is 0.373. The van der Waals surface area contributed by atoms with Crippen molar-refractivity contribution in [1.82, 2.24) is 0 Å². The van der Waals surface area contributed by atoms with Crippen molar-refractivity contribution in [2.45, 2.75) is 12.7 Å². The normalized spacial score (nSPS) is 10.0. The average molecular weight is 198 g/mol. The first-order chi connectivity index (χ1) is 6.27. The molecule has 2 nitrogen and oxygen atoms in total. The summed E-state index contributed by atoms with van der Waals surface area (Å²) in [6.07, 6.45) is 0. The van der Waals surface area contributed by atoms with Crippen LogP contribution in [0.15, 0.2) is 18.2 Å². The van der Waals surface area contributed by atoms with E-state index in [9.17, 15) is 5.11 Å². The van der Waals surface area contributed by atoms with Crippen molar-refractivity contribution in [3.63, 3.8) is 0 Å². The summed E-state index contributed by atoms with van der Waals surface area (Å²) in [5.41, 5.74) is 1.18. The molecule has 0 aromatic heterocycles.